The molecule has 0 aliphatic rings. The van der Waals surface area contributed by atoms with E-state index in [0.29, 0.717) is 5.02 Å². The first kappa shape index (κ1) is 9.69. The zero-order chi connectivity index (χ0) is 9.97. The predicted molar refractivity (Wildman–Crippen MR) is 62.4 cm³/mol. The number of pyridine rings is 1. The predicted octanol–water partition coefficient (Wildman–Crippen LogP) is 4.16. The lowest BCUT2D eigenvalue weighted by Gasteiger charge is -2.01. The summed E-state index contributed by atoms with van der Waals surface area (Å²) in [5.74, 6) is 0. The van der Waals surface area contributed by atoms with Gasteiger partial charge in [-0.1, -0.05) is 41.9 Å². The maximum absolute atomic E-state index is 5.98. The van der Waals surface area contributed by atoms with Crippen LogP contribution in [0.2, 0.25) is 5.02 Å². The van der Waals surface area contributed by atoms with Crippen LogP contribution in [0.4, 0.5) is 0 Å². The topological polar surface area (TPSA) is 12.9 Å². The second kappa shape index (κ2) is 4.11. The molecule has 0 saturated heterocycles. The van der Waals surface area contributed by atoms with E-state index in [9.17, 15) is 0 Å². The summed E-state index contributed by atoms with van der Waals surface area (Å²) in [4.78, 5) is 4.28. The fourth-order valence-corrected chi connectivity index (χ4v) is 1.55. The van der Waals surface area contributed by atoms with Crippen LogP contribution in [0.3, 0.4) is 0 Å². The standard InChI is InChI=1S/C11H7BrClN/c12-9-7-14-11(6-10(9)13)8-4-2-1-3-5-8/h1-7H. The highest BCUT2D eigenvalue weighted by Crippen LogP contribution is 2.26. The van der Waals surface area contributed by atoms with Crippen molar-refractivity contribution in [1.29, 1.82) is 0 Å². The molecule has 0 radical (unpaired) electrons. The third-order valence-electron chi connectivity index (χ3n) is 1.88. The van der Waals surface area contributed by atoms with Crippen molar-refractivity contribution in [3.05, 3.63) is 52.1 Å². The van der Waals surface area contributed by atoms with Crippen LogP contribution in [0.15, 0.2) is 47.1 Å². The van der Waals surface area contributed by atoms with E-state index in [2.05, 4.69) is 20.9 Å². The molecular weight excluding hydrogens is 261 g/mol. The summed E-state index contributed by atoms with van der Waals surface area (Å²) >= 11 is 9.28. The summed E-state index contributed by atoms with van der Waals surface area (Å²) in [5.41, 5.74) is 1.96. The summed E-state index contributed by atoms with van der Waals surface area (Å²) in [6.07, 6.45) is 1.71. The molecule has 0 N–H and O–H groups in total. The van der Waals surface area contributed by atoms with Crippen LogP contribution in [0.25, 0.3) is 11.3 Å². The summed E-state index contributed by atoms with van der Waals surface area (Å²) < 4.78 is 0.818. The first-order valence-corrected chi connectivity index (χ1v) is 5.31. The molecule has 1 aromatic carbocycles. The Morgan fingerprint density at radius 3 is 2.50 bits per heavy atom. The Morgan fingerprint density at radius 1 is 1.14 bits per heavy atom. The van der Waals surface area contributed by atoms with Crippen LogP contribution >= 0.6 is 27.5 Å². The van der Waals surface area contributed by atoms with E-state index in [-0.39, 0.29) is 0 Å². The first-order chi connectivity index (χ1) is 6.77. The SMILES string of the molecule is Clc1cc(-c2ccccc2)ncc1Br. The Bertz CT molecular complexity index is 442. The molecule has 0 spiro atoms. The molecule has 1 aromatic heterocycles. The largest absolute Gasteiger partial charge is 0.255 e. The van der Waals surface area contributed by atoms with Gasteiger partial charge in [0.05, 0.1) is 15.2 Å². The number of benzene rings is 1. The fourth-order valence-electron chi connectivity index (χ4n) is 1.18. The summed E-state index contributed by atoms with van der Waals surface area (Å²) in [6, 6.07) is 11.8. The van der Waals surface area contributed by atoms with Crippen molar-refractivity contribution in [1.82, 2.24) is 4.98 Å². The molecule has 70 valence electrons. The van der Waals surface area contributed by atoms with E-state index in [1.165, 1.54) is 0 Å². The van der Waals surface area contributed by atoms with Gasteiger partial charge in [0, 0.05) is 11.8 Å². The zero-order valence-corrected chi connectivity index (χ0v) is 9.59. The van der Waals surface area contributed by atoms with Crippen molar-refractivity contribution in [2.45, 2.75) is 0 Å². The van der Waals surface area contributed by atoms with E-state index in [1.54, 1.807) is 6.20 Å². The molecule has 0 aliphatic heterocycles. The van der Waals surface area contributed by atoms with Gasteiger partial charge in [0.2, 0.25) is 0 Å². The van der Waals surface area contributed by atoms with Crippen LogP contribution < -0.4 is 0 Å². The first-order valence-electron chi connectivity index (χ1n) is 4.14. The summed E-state index contributed by atoms with van der Waals surface area (Å²) in [6.45, 7) is 0. The van der Waals surface area contributed by atoms with E-state index >= 15 is 0 Å². The van der Waals surface area contributed by atoms with Crippen LogP contribution in [0, 0.1) is 0 Å². The minimum absolute atomic E-state index is 0.679. The maximum atomic E-state index is 5.98. The van der Waals surface area contributed by atoms with Crippen molar-refractivity contribution in [2.24, 2.45) is 0 Å². The van der Waals surface area contributed by atoms with Crippen LogP contribution in [0.5, 0.6) is 0 Å². The van der Waals surface area contributed by atoms with Crippen molar-refractivity contribution >= 4 is 27.5 Å². The lowest BCUT2D eigenvalue weighted by atomic mass is 10.1. The van der Waals surface area contributed by atoms with Gasteiger partial charge in [0.1, 0.15) is 0 Å². The highest BCUT2D eigenvalue weighted by molar-refractivity contribution is 9.10. The smallest absolute Gasteiger partial charge is 0.0717 e. The van der Waals surface area contributed by atoms with Gasteiger partial charge < -0.3 is 0 Å². The molecule has 0 atom stereocenters. The molecule has 0 amide bonds. The second-order valence-electron chi connectivity index (χ2n) is 2.85. The highest BCUT2D eigenvalue weighted by Gasteiger charge is 2.01. The number of nitrogens with zero attached hydrogens (tertiary/aromatic N) is 1. The molecule has 1 nitrogen and oxygen atoms in total. The van der Waals surface area contributed by atoms with E-state index in [0.717, 1.165) is 15.7 Å². The van der Waals surface area contributed by atoms with E-state index in [1.807, 2.05) is 36.4 Å². The molecule has 3 heteroatoms. The Hall–Kier alpha value is -0.860. The third kappa shape index (κ3) is 1.97. The van der Waals surface area contributed by atoms with Gasteiger partial charge in [-0.25, -0.2) is 0 Å². The number of aromatic nitrogens is 1. The molecular formula is C11H7BrClN. The lowest BCUT2D eigenvalue weighted by Crippen LogP contribution is -1.83. The molecule has 0 saturated carbocycles. The van der Waals surface area contributed by atoms with E-state index in [4.69, 9.17) is 11.6 Å². The molecule has 2 rings (SSSR count). The minimum Gasteiger partial charge on any atom is -0.255 e. The minimum atomic E-state index is 0.679. The van der Waals surface area contributed by atoms with Gasteiger partial charge in [0.25, 0.3) is 0 Å². The molecule has 1 heterocycles. The fraction of sp³-hybridized carbons (Fsp3) is 0. The summed E-state index contributed by atoms with van der Waals surface area (Å²) in [5, 5.41) is 0.679. The Morgan fingerprint density at radius 2 is 1.86 bits per heavy atom. The zero-order valence-electron chi connectivity index (χ0n) is 7.24. The lowest BCUT2D eigenvalue weighted by molar-refractivity contribution is 1.31. The van der Waals surface area contributed by atoms with Gasteiger partial charge in [-0.2, -0.15) is 0 Å². The number of hydrogen-bond acceptors (Lipinski definition) is 1. The molecule has 0 fully saturated rings. The number of hydrogen-bond donors (Lipinski definition) is 0. The third-order valence-corrected chi connectivity index (χ3v) is 3.05. The average Bonchev–Trinajstić information content (AvgIpc) is 2.23. The van der Waals surface area contributed by atoms with Crippen molar-refractivity contribution < 1.29 is 0 Å². The number of halogens is 2. The average molecular weight is 269 g/mol. The Kier molecular flexibility index (Phi) is 2.85. The van der Waals surface area contributed by atoms with E-state index < -0.39 is 0 Å². The van der Waals surface area contributed by atoms with Gasteiger partial charge in [-0.15, -0.1) is 0 Å². The van der Waals surface area contributed by atoms with Crippen LogP contribution in [0.1, 0.15) is 0 Å². The maximum Gasteiger partial charge on any atom is 0.0717 e. The molecule has 0 bridgehead atoms. The molecule has 2 aromatic rings. The molecule has 14 heavy (non-hydrogen) atoms. The number of rotatable bonds is 1. The van der Waals surface area contributed by atoms with Gasteiger partial charge in [-0.05, 0) is 22.0 Å². The van der Waals surface area contributed by atoms with Crippen molar-refractivity contribution in [2.75, 3.05) is 0 Å². The van der Waals surface area contributed by atoms with Gasteiger partial charge >= 0.3 is 0 Å². The second-order valence-corrected chi connectivity index (χ2v) is 4.11. The van der Waals surface area contributed by atoms with Crippen LogP contribution in [-0.2, 0) is 0 Å². The Balaban J connectivity index is 2.48. The van der Waals surface area contributed by atoms with Gasteiger partial charge in [-0.3, -0.25) is 4.98 Å². The molecule has 0 aliphatic carbocycles. The van der Waals surface area contributed by atoms with Crippen molar-refractivity contribution in [3.8, 4) is 11.3 Å². The Labute approximate surface area is 95.9 Å². The molecule has 0 unspecified atom stereocenters. The quantitative estimate of drug-likeness (QED) is 0.756. The van der Waals surface area contributed by atoms with Crippen molar-refractivity contribution in [3.63, 3.8) is 0 Å². The van der Waals surface area contributed by atoms with Gasteiger partial charge in [0.15, 0.2) is 0 Å². The highest BCUT2D eigenvalue weighted by atomic mass is 79.9. The monoisotopic (exact) mass is 267 g/mol. The summed E-state index contributed by atoms with van der Waals surface area (Å²) in [7, 11) is 0. The normalized spacial score (nSPS) is 10.1. The van der Waals surface area contributed by atoms with Crippen LogP contribution in [-0.4, -0.2) is 4.98 Å².